The highest BCUT2D eigenvalue weighted by Crippen LogP contribution is 2.22. The zero-order chi connectivity index (χ0) is 13.8. The molecule has 0 aromatic carbocycles. The van der Waals surface area contributed by atoms with Crippen LogP contribution in [0.2, 0.25) is 0 Å². The molecular weight excluding hydrogens is 260 g/mol. The Morgan fingerprint density at radius 1 is 1.32 bits per heavy atom. The molecule has 0 saturated heterocycles. The molecular formula is C12H18N6S. The van der Waals surface area contributed by atoms with Crippen LogP contribution in [0.15, 0.2) is 11.6 Å². The predicted octanol–water partition coefficient (Wildman–Crippen LogP) is 2.05. The van der Waals surface area contributed by atoms with Crippen LogP contribution in [0.4, 0.5) is 11.6 Å². The molecule has 1 atom stereocenters. The first kappa shape index (κ1) is 13.7. The van der Waals surface area contributed by atoms with Gasteiger partial charge in [-0.3, -0.25) is 0 Å². The summed E-state index contributed by atoms with van der Waals surface area (Å²) in [5.41, 5.74) is 3.51. The van der Waals surface area contributed by atoms with Crippen LogP contribution in [-0.2, 0) is 0 Å². The molecule has 0 amide bonds. The Labute approximate surface area is 116 Å². The lowest BCUT2D eigenvalue weighted by atomic mass is 10.2. The van der Waals surface area contributed by atoms with Crippen LogP contribution < -0.4 is 16.6 Å². The van der Waals surface area contributed by atoms with Crippen LogP contribution in [0.5, 0.6) is 0 Å². The molecule has 2 heterocycles. The Hall–Kier alpha value is -1.73. The van der Waals surface area contributed by atoms with Gasteiger partial charge in [0.15, 0.2) is 0 Å². The zero-order valence-corrected chi connectivity index (χ0v) is 12.1. The average molecular weight is 278 g/mol. The van der Waals surface area contributed by atoms with E-state index in [2.05, 4.69) is 32.6 Å². The van der Waals surface area contributed by atoms with Crippen LogP contribution >= 0.6 is 11.3 Å². The topological polar surface area (TPSA) is 88.8 Å². The van der Waals surface area contributed by atoms with Gasteiger partial charge in [-0.1, -0.05) is 6.92 Å². The summed E-state index contributed by atoms with van der Waals surface area (Å²) in [6.45, 7) is 6.69. The monoisotopic (exact) mass is 278 g/mol. The molecule has 2 rings (SSSR count). The Balaban J connectivity index is 2.09. The van der Waals surface area contributed by atoms with Gasteiger partial charge in [-0.25, -0.2) is 20.8 Å². The van der Waals surface area contributed by atoms with Crippen molar-refractivity contribution in [2.75, 3.05) is 17.3 Å². The standard InChI is InChI=1S/C12H18N6S/c1-7(12-14-4-5-19-12)6-15-10-8(2)11(18-13)17-9(3)16-10/h4-5,7H,6,13H2,1-3H3,(H2,15,16,17,18). The van der Waals surface area contributed by atoms with Gasteiger partial charge in [-0.05, 0) is 13.8 Å². The second-order valence-electron chi connectivity index (χ2n) is 4.39. The molecule has 0 aliphatic carbocycles. The molecule has 6 nitrogen and oxygen atoms in total. The van der Waals surface area contributed by atoms with Crippen molar-refractivity contribution in [1.29, 1.82) is 0 Å². The zero-order valence-electron chi connectivity index (χ0n) is 11.3. The molecule has 0 aliphatic rings. The predicted molar refractivity (Wildman–Crippen MR) is 78.3 cm³/mol. The second kappa shape index (κ2) is 5.94. The normalized spacial score (nSPS) is 12.2. The van der Waals surface area contributed by atoms with Gasteiger partial charge in [0.05, 0.1) is 5.01 Å². The molecule has 19 heavy (non-hydrogen) atoms. The molecule has 0 bridgehead atoms. The van der Waals surface area contributed by atoms with Crippen molar-refractivity contribution in [3.05, 3.63) is 28.0 Å². The Kier molecular flexibility index (Phi) is 4.28. The van der Waals surface area contributed by atoms with Crippen molar-refractivity contribution >= 4 is 23.0 Å². The smallest absolute Gasteiger partial charge is 0.148 e. The molecule has 0 spiro atoms. The first-order valence-corrected chi connectivity index (χ1v) is 6.95. The molecule has 0 radical (unpaired) electrons. The van der Waals surface area contributed by atoms with E-state index in [1.807, 2.05) is 25.4 Å². The van der Waals surface area contributed by atoms with E-state index < -0.39 is 0 Å². The number of nitrogens with two attached hydrogens (primary N) is 1. The summed E-state index contributed by atoms with van der Waals surface area (Å²) in [7, 11) is 0. The molecule has 7 heteroatoms. The van der Waals surface area contributed by atoms with Crippen molar-refractivity contribution in [2.45, 2.75) is 26.7 Å². The Morgan fingerprint density at radius 2 is 2.05 bits per heavy atom. The number of nitrogen functional groups attached to an aromatic ring is 1. The lowest BCUT2D eigenvalue weighted by molar-refractivity contribution is 0.789. The Morgan fingerprint density at radius 3 is 2.68 bits per heavy atom. The minimum Gasteiger partial charge on any atom is -0.369 e. The summed E-state index contributed by atoms with van der Waals surface area (Å²) < 4.78 is 0. The average Bonchev–Trinajstić information content (AvgIpc) is 2.93. The minimum atomic E-state index is 0.337. The summed E-state index contributed by atoms with van der Waals surface area (Å²) in [5.74, 6) is 7.92. The van der Waals surface area contributed by atoms with E-state index in [0.717, 1.165) is 22.9 Å². The summed E-state index contributed by atoms with van der Waals surface area (Å²) in [6, 6.07) is 0. The summed E-state index contributed by atoms with van der Waals surface area (Å²) >= 11 is 1.66. The Bertz CT molecular complexity index is 539. The summed E-state index contributed by atoms with van der Waals surface area (Å²) in [5, 5.41) is 6.44. The number of thiazole rings is 1. The van der Waals surface area contributed by atoms with E-state index in [1.165, 1.54) is 0 Å². The highest BCUT2D eigenvalue weighted by Gasteiger charge is 2.11. The number of aromatic nitrogens is 3. The number of rotatable bonds is 5. The minimum absolute atomic E-state index is 0.337. The maximum atomic E-state index is 5.45. The maximum absolute atomic E-state index is 5.45. The number of aryl methyl sites for hydroxylation is 1. The van der Waals surface area contributed by atoms with E-state index in [9.17, 15) is 0 Å². The first-order chi connectivity index (χ1) is 9.11. The molecule has 2 aromatic rings. The summed E-state index contributed by atoms with van der Waals surface area (Å²) in [4.78, 5) is 12.9. The number of hydrogen-bond donors (Lipinski definition) is 3. The lowest BCUT2D eigenvalue weighted by Crippen LogP contribution is -2.16. The number of hydrogen-bond acceptors (Lipinski definition) is 7. The molecule has 0 saturated carbocycles. The molecule has 0 aliphatic heterocycles. The fourth-order valence-electron chi connectivity index (χ4n) is 1.76. The van der Waals surface area contributed by atoms with Crippen molar-refractivity contribution in [3.63, 3.8) is 0 Å². The van der Waals surface area contributed by atoms with E-state index in [1.54, 1.807) is 11.3 Å². The van der Waals surface area contributed by atoms with Gasteiger partial charge in [-0.2, -0.15) is 0 Å². The highest BCUT2D eigenvalue weighted by molar-refractivity contribution is 7.09. The van der Waals surface area contributed by atoms with Gasteiger partial charge < -0.3 is 10.7 Å². The SMILES string of the molecule is Cc1nc(NN)c(C)c(NCC(C)c2nccs2)n1. The lowest BCUT2D eigenvalue weighted by Gasteiger charge is -2.14. The van der Waals surface area contributed by atoms with E-state index in [-0.39, 0.29) is 0 Å². The third-order valence-electron chi connectivity index (χ3n) is 2.84. The second-order valence-corrected chi connectivity index (χ2v) is 5.32. The van der Waals surface area contributed by atoms with Gasteiger partial charge in [0.2, 0.25) is 0 Å². The van der Waals surface area contributed by atoms with Gasteiger partial charge in [0, 0.05) is 29.6 Å². The van der Waals surface area contributed by atoms with Crippen molar-refractivity contribution < 1.29 is 0 Å². The third-order valence-corrected chi connectivity index (χ3v) is 3.85. The highest BCUT2D eigenvalue weighted by atomic mass is 32.1. The van der Waals surface area contributed by atoms with E-state index >= 15 is 0 Å². The van der Waals surface area contributed by atoms with Crippen LogP contribution in [0.25, 0.3) is 0 Å². The van der Waals surface area contributed by atoms with Gasteiger partial charge in [-0.15, -0.1) is 11.3 Å². The van der Waals surface area contributed by atoms with Crippen LogP contribution in [-0.4, -0.2) is 21.5 Å². The third kappa shape index (κ3) is 3.18. The van der Waals surface area contributed by atoms with Gasteiger partial charge in [0.1, 0.15) is 17.5 Å². The van der Waals surface area contributed by atoms with Gasteiger partial charge in [0.25, 0.3) is 0 Å². The number of nitrogens with zero attached hydrogens (tertiary/aromatic N) is 3. The number of nitrogens with one attached hydrogen (secondary N) is 2. The van der Waals surface area contributed by atoms with Crippen LogP contribution in [0, 0.1) is 13.8 Å². The first-order valence-electron chi connectivity index (χ1n) is 6.07. The van der Waals surface area contributed by atoms with E-state index in [0.29, 0.717) is 17.6 Å². The maximum Gasteiger partial charge on any atom is 0.148 e. The molecule has 4 N–H and O–H groups in total. The largest absolute Gasteiger partial charge is 0.369 e. The molecule has 2 aromatic heterocycles. The van der Waals surface area contributed by atoms with E-state index in [4.69, 9.17) is 5.84 Å². The fourth-order valence-corrected chi connectivity index (χ4v) is 2.45. The van der Waals surface area contributed by atoms with Crippen molar-refractivity contribution in [1.82, 2.24) is 15.0 Å². The molecule has 102 valence electrons. The van der Waals surface area contributed by atoms with Crippen molar-refractivity contribution in [3.8, 4) is 0 Å². The molecule has 0 fully saturated rings. The number of hydrazine groups is 1. The summed E-state index contributed by atoms with van der Waals surface area (Å²) in [6.07, 6.45) is 1.83. The van der Waals surface area contributed by atoms with Gasteiger partial charge >= 0.3 is 0 Å². The van der Waals surface area contributed by atoms with Crippen LogP contribution in [0.1, 0.15) is 29.2 Å². The van der Waals surface area contributed by atoms with Crippen LogP contribution in [0.3, 0.4) is 0 Å². The fraction of sp³-hybridized carbons (Fsp3) is 0.417. The van der Waals surface area contributed by atoms with Crippen molar-refractivity contribution in [2.24, 2.45) is 5.84 Å². The molecule has 1 unspecified atom stereocenters. The quantitative estimate of drug-likeness (QED) is 0.573. The number of anilines is 2.